The van der Waals surface area contributed by atoms with Gasteiger partial charge in [-0.1, -0.05) is 28.9 Å². The van der Waals surface area contributed by atoms with Crippen molar-refractivity contribution in [3.8, 4) is 5.75 Å². The molecule has 21 heavy (non-hydrogen) atoms. The molecule has 1 unspecified atom stereocenters. The molecule has 0 saturated carbocycles. The van der Waals surface area contributed by atoms with Crippen molar-refractivity contribution in [2.45, 2.75) is 19.9 Å². The Labute approximate surface area is 133 Å². The maximum absolute atomic E-state index is 13.4. The van der Waals surface area contributed by atoms with Gasteiger partial charge >= 0.3 is 0 Å². The molecule has 0 fully saturated rings. The van der Waals surface area contributed by atoms with Gasteiger partial charge in [-0.2, -0.15) is 0 Å². The van der Waals surface area contributed by atoms with Gasteiger partial charge in [0.1, 0.15) is 11.6 Å². The zero-order chi connectivity index (χ0) is 15.4. The van der Waals surface area contributed by atoms with Gasteiger partial charge in [0.15, 0.2) is 0 Å². The Bertz CT molecular complexity index is 630. The number of halogens is 2. The molecule has 0 aliphatic rings. The molecule has 0 spiro atoms. The maximum Gasteiger partial charge on any atom is 0.124 e. The summed E-state index contributed by atoms with van der Waals surface area (Å²) in [7, 11) is 1.66. The van der Waals surface area contributed by atoms with Gasteiger partial charge in [0.05, 0.1) is 13.2 Å². The highest BCUT2D eigenvalue weighted by Gasteiger charge is 2.19. The van der Waals surface area contributed by atoms with Crippen molar-refractivity contribution in [1.82, 2.24) is 5.32 Å². The van der Waals surface area contributed by atoms with Crippen LogP contribution in [0.3, 0.4) is 0 Å². The molecule has 4 heteroatoms. The number of aryl methyl sites for hydroxylation is 1. The van der Waals surface area contributed by atoms with E-state index in [1.807, 2.05) is 31.2 Å². The van der Waals surface area contributed by atoms with Crippen molar-refractivity contribution in [3.63, 3.8) is 0 Å². The van der Waals surface area contributed by atoms with Crippen molar-refractivity contribution < 1.29 is 9.13 Å². The van der Waals surface area contributed by atoms with Crippen LogP contribution in [0.25, 0.3) is 0 Å². The lowest BCUT2D eigenvalue weighted by molar-refractivity contribution is 0.404. The van der Waals surface area contributed by atoms with E-state index in [4.69, 9.17) is 4.74 Å². The summed E-state index contributed by atoms with van der Waals surface area (Å²) < 4.78 is 19.8. The van der Waals surface area contributed by atoms with Crippen LogP contribution in [0.5, 0.6) is 5.75 Å². The fourth-order valence-corrected chi connectivity index (χ4v) is 2.86. The monoisotopic (exact) mass is 351 g/mol. The third kappa shape index (κ3) is 3.63. The van der Waals surface area contributed by atoms with Crippen LogP contribution in [0.15, 0.2) is 40.9 Å². The molecule has 0 aliphatic carbocycles. The minimum Gasteiger partial charge on any atom is -0.496 e. The molecule has 1 atom stereocenters. The molecule has 0 amide bonds. The van der Waals surface area contributed by atoms with Gasteiger partial charge < -0.3 is 10.1 Å². The second-order valence-corrected chi connectivity index (χ2v) is 5.79. The van der Waals surface area contributed by atoms with Crippen LogP contribution in [0, 0.1) is 12.7 Å². The quantitative estimate of drug-likeness (QED) is 0.849. The van der Waals surface area contributed by atoms with Crippen molar-refractivity contribution in [2.75, 3.05) is 13.7 Å². The molecule has 0 saturated heterocycles. The SMILES string of the molecule is CCNC(c1ccc(F)cc1C)c1cc(Br)ccc1OC. The predicted octanol–water partition coefficient (Wildman–Crippen LogP) is 4.60. The van der Waals surface area contributed by atoms with Crippen LogP contribution >= 0.6 is 15.9 Å². The summed E-state index contributed by atoms with van der Waals surface area (Å²) in [6.45, 7) is 4.78. The summed E-state index contributed by atoms with van der Waals surface area (Å²) in [5, 5.41) is 3.45. The van der Waals surface area contributed by atoms with E-state index in [1.165, 1.54) is 6.07 Å². The van der Waals surface area contributed by atoms with Crippen LogP contribution in [0.1, 0.15) is 29.7 Å². The van der Waals surface area contributed by atoms with Crippen LogP contribution in [0.2, 0.25) is 0 Å². The molecule has 2 aromatic carbocycles. The van der Waals surface area contributed by atoms with Crippen LogP contribution in [0.4, 0.5) is 4.39 Å². The van der Waals surface area contributed by atoms with E-state index in [0.717, 1.165) is 33.5 Å². The summed E-state index contributed by atoms with van der Waals surface area (Å²) in [4.78, 5) is 0. The predicted molar refractivity (Wildman–Crippen MR) is 87.4 cm³/mol. The topological polar surface area (TPSA) is 21.3 Å². The van der Waals surface area contributed by atoms with Gasteiger partial charge in [0.25, 0.3) is 0 Å². The van der Waals surface area contributed by atoms with Crippen molar-refractivity contribution in [3.05, 3.63) is 63.4 Å². The Morgan fingerprint density at radius 2 is 1.95 bits per heavy atom. The zero-order valence-corrected chi connectivity index (χ0v) is 14.0. The summed E-state index contributed by atoms with van der Waals surface area (Å²) >= 11 is 3.50. The first-order chi connectivity index (χ1) is 10.1. The summed E-state index contributed by atoms with van der Waals surface area (Å²) in [5.41, 5.74) is 3.00. The van der Waals surface area contributed by atoms with E-state index >= 15 is 0 Å². The molecule has 2 rings (SSSR count). The fourth-order valence-electron chi connectivity index (χ4n) is 2.49. The molecule has 1 N–H and O–H groups in total. The van der Waals surface area contributed by atoms with Crippen LogP contribution in [-0.2, 0) is 0 Å². The molecule has 0 radical (unpaired) electrons. The van der Waals surface area contributed by atoms with Gasteiger partial charge in [-0.25, -0.2) is 4.39 Å². The second-order valence-electron chi connectivity index (χ2n) is 4.88. The Morgan fingerprint density at radius 1 is 1.19 bits per heavy atom. The lowest BCUT2D eigenvalue weighted by Crippen LogP contribution is -2.23. The van der Waals surface area contributed by atoms with Gasteiger partial charge in [-0.3, -0.25) is 0 Å². The Kier molecular flexibility index (Phi) is 5.37. The molecule has 0 aliphatic heterocycles. The van der Waals surface area contributed by atoms with E-state index in [1.54, 1.807) is 13.2 Å². The number of nitrogens with one attached hydrogen (secondary N) is 1. The Balaban J connectivity index is 2.55. The van der Waals surface area contributed by atoms with Crippen LogP contribution in [-0.4, -0.2) is 13.7 Å². The molecular formula is C17H19BrFNO. The number of hydrogen-bond acceptors (Lipinski definition) is 2. The van der Waals surface area contributed by atoms with Gasteiger partial charge in [-0.05, 0) is 54.9 Å². The number of rotatable bonds is 5. The summed E-state index contributed by atoms with van der Waals surface area (Å²) in [6, 6.07) is 10.8. The van der Waals surface area contributed by atoms with E-state index in [0.29, 0.717) is 0 Å². The highest BCUT2D eigenvalue weighted by atomic mass is 79.9. The minimum absolute atomic E-state index is 0.0388. The molecule has 2 aromatic rings. The maximum atomic E-state index is 13.4. The number of ether oxygens (including phenoxy) is 1. The first-order valence-corrected chi connectivity index (χ1v) is 7.69. The summed E-state index contributed by atoms with van der Waals surface area (Å²) in [6.07, 6.45) is 0. The van der Waals surface area contributed by atoms with E-state index in [2.05, 4.69) is 28.2 Å². The molecule has 0 heterocycles. The molecule has 0 bridgehead atoms. The van der Waals surface area contributed by atoms with Gasteiger partial charge in [-0.15, -0.1) is 0 Å². The second kappa shape index (κ2) is 7.05. The standard InChI is InChI=1S/C17H19BrFNO/c1-4-20-17(14-7-6-13(19)9-11(14)2)15-10-12(18)5-8-16(15)21-3/h5-10,17,20H,4H2,1-3H3. The highest BCUT2D eigenvalue weighted by molar-refractivity contribution is 9.10. The molecule has 112 valence electrons. The summed E-state index contributed by atoms with van der Waals surface area (Å²) in [5.74, 6) is 0.598. The van der Waals surface area contributed by atoms with Crippen LogP contribution < -0.4 is 10.1 Å². The average molecular weight is 352 g/mol. The fraction of sp³-hybridized carbons (Fsp3) is 0.294. The van der Waals surface area contributed by atoms with Crippen molar-refractivity contribution in [2.24, 2.45) is 0 Å². The average Bonchev–Trinajstić information content (AvgIpc) is 2.45. The lowest BCUT2D eigenvalue weighted by Gasteiger charge is -2.23. The zero-order valence-electron chi connectivity index (χ0n) is 12.4. The van der Waals surface area contributed by atoms with Gasteiger partial charge in [0, 0.05) is 10.0 Å². The van der Waals surface area contributed by atoms with E-state index < -0.39 is 0 Å². The highest BCUT2D eigenvalue weighted by Crippen LogP contribution is 2.33. The lowest BCUT2D eigenvalue weighted by atomic mass is 9.94. The van der Waals surface area contributed by atoms with Gasteiger partial charge in [0.2, 0.25) is 0 Å². The first kappa shape index (κ1) is 16.0. The van der Waals surface area contributed by atoms with Crippen molar-refractivity contribution >= 4 is 15.9 Å². The normalized spacial score (nSPS) is 12.2. The Hall–Kier alpha value is -1.39. The largest absolute Gasteiger partial charge is 0.496 e. The third-order valence-electron chi connectivity index (χ3n) is 3.45. The molecule has 2 nitrogen and oxygen atoms in total. The first-order valence-electron chi connectivity index (χ1n) is 6.89. The molecule has 0 aromatic heterocycles. The third-order valence-corrected chi connectivity index (χ3v) is 3.95. The number of hydrogen-bond donors (Lipinski definition) is 1. The Morgan fingerprint density at radius 3 is 2.57 bits per heavy atom. The smallest absolute Gasteiger partial charge is 0.124 e. The number of methoxy groups -OCH3 is 1. The van der Waals surface area contributed by atoms with Crippen molar-refractivity contribution in [1.29, 1.82) is 0 Å². The van der Waals surface area contributed by atoms with E-state index in [-0.39, 0.29) is 11.9 Å². The molecular weight excluding hydrogens is 333 g/mol. The van der Waals surface area contributed by atoms with E-state index in [9.17, 15) is 4.39 Å². The number of benzene rings is 2. The minimum atomic E-state index is -0.215.